The summed E-state index contributed by atoms with van der Waals surface area (Å²) in [5.74, 6) is -0.0536. The van der Waals surface area contributed by atoms with Gasteiger partial charge < -0.3 is 24.8 Å². The number of nitrogens with zero attached hydrogens (tertiary/aromatic N) is 1. The molecule has 0 aromatic heterocycles. The van der Waals surface area contributed by atoms with Crippen molar-refractivity contribution in [3.63, 3.8) is 0 Å². The first-order chi connectivity index (χ1) is 19.5. The molecule has 1 saturated carbocycles. The Balaban J connectivity index is 1.34. The molecule has 2 aliphatic heterocycles. The van der Waals surface area contributed by atoms with Crippen LogP contribution in [0.5, 0.6) is 11.5 Å². The van der Waals surface area contributed by atoms with Crippen LogP contribution in [0.25, 0.3) is 6.08 Å². The van der Waals surface area contributed by atoms with E-state index >= 15 is 0 Å². The van der Waals surface area contributed by atoms with Gasteiger partial charge in [-0.2, -0.15) is 0 Å². The molecule has 7 heteroatoms. The number of benzene rings is 3. The number of amides is 1. The second-order valence-corrected chi connectivity index (χ2v) is 11.1. The first kappa shape index (κ1) is 24.5. The summed E-state index contributed by atoms with van der Waals surface area (Å²) in [4.78, 5) is 28.8. The Hall–Kier alpha value is -4.52. The number of methoxy groups -OCH3 is 1. The molecule has 0 unspecified atom stereocenters. The molecule has 8 rings (SSSR count). The lowest BCUT2D eigenvalue weighted by molar-refractivity contribution is -0.157. The molecule has 4 atom stereocenters. The largest absolute Gasteiger partial charge is 0.496 e. The molecule has 1 amide bonds. The lowest BCUT2D eigenvalue weighted by Crippen LogP contribution is -2.60. The number of likely N-dealkylation sites (tertiary alicyclic amines) is 1. The summed E-state index contributed by atoms with van der Waals surface area (Å²) in [6.07, 6.45) is 8.22. The zero-order chi connectivity index (χ0) is 27.5. The minimum Gasteiger partial charge on any atom is -0.496 e. The van der Waals surface area contributed by atoms with E-state index in [-0.39, 0.29) is 24.3 Å². The van der Waals surface area contributed by atoms with Crippen LogP contribution in [0.15, 0.2) is 85.3 Å². The molecule has 202 valence electrons. The van der Waals surface area contributed by atoms with E-state index in [2.05, 4.69) is 29.6 Å². The van der Waals surface area contributed by atoms with Crippen LogP contribution in [-0.2, 0) is 15.0 Å². The number of nitrogens with one attached hydrogen (secondary N) is 1. The van der Waals surface area contributed by atoms with Crippen molar-refractivity contribution in [3.05, 3.63) is 108 Å². The number of ether oxygens (including phenoxy) is 2. The van der Waals surface area contributed by atoms with Gasteiger partial charge in [0, 0.05) is 48.2 Å². The van der Waals surface area contributed by atoms with E-state index in [1.807, 2.05) is 42.5 Å². The zero-order valence-electron chi connectivity index (χ0n) is 22.2. The van der Waals surface area contributed by atoms with Crippen molar-refractivity contribution in [1.82, 2.24) is 4.90 Å². The van der Waals surface area contributed by atoms with E-state index in [4.69, 9.17) is 9.47 Å². The molecule has 3 aliphatic carbocycles. The number of anilines is 1. The first-order valence-corrected chi connectivity index (χ1v) is 13.6. The van der Waals surface area contributed by atoms with Crippen LogP contribution in [0, 0.1) is 11.3 Å². The van der Waals surface area contributed by atoms with E-state index < -0.39 is 16.8 Å². The predicted molar refractivity (Wildman–Crippen MR) is 151 cm³/mol. The molecular formula is C33H30N2O5. The highest BCUT2D eigenvalue weighted by molar-refractivity contribution is 5.93. The standard InChI is InChI=1S/C33H30N2O5/c1-39-27-9-5-2-6-21(27)10-13-30(36)35-19-29-32(22-11-12-28-26(18-22)34-16-17-40-28)15-14-25(33(29,20-35)31(37)38)23-7-3-4-8-24(23)32/h2-13,16-18,25,29,34H,14-15,19-20H2,1H3,(H,37,38)/b13-10+/t25-,29-,32-,33-/m0/s1. The number of carboxylic acid groups (broad SMARTS) is 1. The average Bonchev–Trinajstić information content (AvgIpc) is 3.44. The number of carboxylic acids is 1. The van der Waals surface area contributed by atoms with Gasteiger partial charge >= 0.3 is 5.97 Å². The maximum atomic E-state index is 13.6. The maximum Gasteiger partial charge on any atom is 0.312 e. The molecule has 7 nitrogen and oxygen atoms in total. The van der Waals surface area contributed by atoms with Crippen LogP contribution in [0.2, 0.25) is 0 Å². The van der Waals surface area contributed by atoms with Crippen molar-refractivity contribution >= 4 is 23.6 Å². The fraction of sp³-hybridized carbons (Fsp3) is 0.273. The number of carbonyl (C=O) groups excluding carboxylic acids is 1. The molecule has 2 heterocycles. The van der Waals surface area contributed by atoms with E-state index in [0.29, 0.717) is 12.3 Å². The third-order valence-electron chi connectivity index (χ3n) is 9.59. The van der Waals surface area contributed by atoms with Gasteiger partial charge in [-0.15, -0.1) is 0 Å². The molecule has 3 aromatic carbocycles. The van der Waals surface area contributed by atoms with Gasteiger partial charge in [0.15, 0.2) is 0 Å². The number of hydrogen-bond donors (Lipinski definition) is 2. The van der Waals surface area contributed by atoms with Crippen LogP contribution in [0.1, 0.15) is 41.0 Å². The predicted octanol–water partition coefficient (Wildman–Crippen LogP) is 5.39. The number of fused-ring (bicyclic) bond motifs is 2. The summed E-state index contributed by atoms with van der Waals surface area (Å²) in [6.45, 7) is 0.547. The van der Waals surface area contributed by atoms with Crippen LogP contribution >= 0.6 is 0 Å². The summed E-state index contributed by atoms with van der Waals surface area (Å²) in [5.41, 5.74) is 3.34. The highest BCUT2D eigenvalue weighted by atomic mass is 16.5. The minimum atomic E-state index is -1.08. The van der Waals surface area contributed by atoms with Crippen LogP contribution in [0.3, 0.4) is 0 Å². The Morgan fingerprint density at radius 1 is 1.12 bits per heavy atom. The summed E-state index contributed by atoms with van der Waals surface area (Å²) < 4.78 is 11.1. The number of aliphatic carboxylic acids is 1. The highest BCUT2D eigenvalue weighted by Gasteiger charge is 2.70. The third-order valence-corrected chi connectivity index (χ3v) is 9.59. The zero-order valence-corrected chi connectivity index (χ0v) is 22.2. The van der Waals surface area contributed by atoms with Gasteiger partial charge in [0.05, 0.1) is 18.2 Å². The molecule has 2 N–H and O–H groups in total. The SMILES string of the molecule is COc1ccccc1/C=C/C(=O)N1C[C@H]2[C@]3(c4ccc5c(c4)NC=CO5)CC[C@@H](c4ccccc43)[C@@]2(C(=O)O)C1. The van der Waals surface area contributed by atoms with Crippen molar-refractivity contribution in [2.75, 3.05) is 25.5 Å². The van der Waals surface area contributed by atoms with Crippen molar-refractivity contribution < 1.29 is 24.2 Å². The van der Waals surface area contributed by atoms with Crippen molar-refractivity contribution in [3.8, 4) is 11.5 Å². The number of carbonyl (C=O) groups is 2. The first-order valence-electron chi connectivity index (χ1n) is 13.6. The fourth-order valence-electron chi connectivity index (χ4n) is 7.95. The Morgan fingerprint density at radius 2 is 1.95 bits per heavy atom. The average molecular weight is 535 g/mol. The number of rotatable bonds is 5. The van der Waals surface area contributed by atoms with Gasteiger partial charge in [-0.25, -0.2) is 0 Å². The molecule has 3 aromatic rings. The third kappa shape index (κ3) is 3.30. The van der Waals surface area contributed by atoms with Gasteiger partial charge in [0.1, 0.15) is 17.8 Å². The van der Waals surface area contributed by atoms with Crippen LogP contribution in [-0.4, -0.2) is 42.1 Å². The Bertz CT molecular complexity index is 1600. The van der Waals surface area contributed by atoms with Gasteiger partial charge in [0.2, 0.25) is 5.91 Å². The molecule has 2 bridgehead atoms. The molecule has 2 fully saturated rings. The maximum absolute atomic E-state index is 13.6. The quantitative estimate of drug-likeness (QED) is 0.427. The molecule has 0 spiro atoms. The molecule has 1 saturated heterocycles. The normalized spacial score (nSPS) is 27.4. The topological polar surface area (TPSA) is 88.1 Å². The van der Waals surface area contributed by atoms with Gasteiger partial charge in [-0.1, -0.05) is 48.5 Å². The Labute approximate surface area is 232 Å². The second kappa shape index (κ2) is 9.01. The summed E-state index contributed by atoms with van der Waals surface area (Å²) in [7, 11) is 1.60. The molecule has 0 radical (unpaired) electrons. The Morgan fingerprint density at radius 3 is 2.80 bits per heavy atom. The Kier molecular flexibility index (Phi) is 5.52. The summed E-state index contributed by atoms with van der Waals surface area (Å²) >= 11 is 0. The summed E-state index contributed by atoms with van der Waals surface area (Å²) in [6, 6.07) is 21.9. The molecule has 40 heavy (non-hydrogen) atoms. The van der Waals surface area contributed by atoms with Gasteiger partial charge in [-0.05, 0) is 53.8 Å². The lowest BCUT2D eigenvalue weighted by atomic mass is 9.42. The summed E-state index contributed by atoms with van der Waals surface area (Å²) in [5, 5.41) is 14.2. The molecule has 5 aliphatic rings. The van der Waals surface area contributed by atoms with Crippen molar-refractivity contribution in [2.45, 2.75) is 24.2 Å². The van der Waals surface area contributed by atoms with Gasteiger partial charge in [-0.3, -0.25) is 9.59 Å². The van der Waals surface area contributed by atoms with Crippen molar-refractivity contribution in [2.24, 2.45) is 11.3 Å². The van der Waals surface area contributed by atoms with Crippen LogP contribution < -0.4 is 14.8 Å². The monoisotopic (exact) mass is 534 g/mol. The highest BCUT2D eigenvalue weighted by Crippen LogP contribution is 2.69. The number of para-hydroxylation sites is 1. The van der Waals surface area contributed by atoms with Gasteiger partial charge in [0.25, 0.3) is 0 Å². The van der Waals surface area contributed by atoms with E-state index in [1.54, 1.807) is 36.6 Å². The van der Waals surface area contributed by atoms with Crippen molar-refractivity contribution in [1.29, 1.82) is 0 Å². The number of hydrogen-bond acceptors (Lipinski definition) is 5. The smallest absolute Gasteiger partial charge is 0.312 e. The van der Waals surface area contributed by atoms with E-state index in [1.165, 1.54) is 5.56 Å². The van der Waals surface area contributed by atoms with E-state index in [0.717, 1.165) is 41.0 Å². The minimum absolute atomic E-state index is 0.161. The molecular weight excluding hydrogens is 504 g/mol. The second-order valence-electron chi connectivity index (χ2n) is 11.1. The van der Waals surface area contributed by atoms with E-state index in [9.17, 15) is 14.7 Å². The van der Waals surface area contributed by atoms with Crippen LogP contribution in [0.4, 0.5) is 5.69 Å². The lowest BCUT2D eigenvalue weighted by Gasteiger charge is -2.59. The fourth-order valence-corrected chi connectivity index (χ4v) is 7.95.